The Labute approximate surface area is 190 Å². The number of aryl methyl sites for hydroxylation is 1. The molecule has 10 heteroatoms. The Balaban J connectivity index is 1.77. The van der Waals surface area contributed by atoms with Crippen molar-refractivity contribution in [2.75, 3.05) is 19.0 Å². The molecule has 0 atom stereocenters. The van der Waals surface area contributed by atoms with E-state index < -0.39 is 23.6 Å². The molecule has 3 amide bonds. The zero-order valence-corrected chi connectivity index (χ0v) is 19.0. The van der Waals surface area contributed by atoms with Crippen LogP contribution in [0.1, 0.15) is 11.1 Å². The zero-order valence-electron chi connectivity index (χ0n) is 15.9. The number of amides is 3. The number of halogens is 2. The van der Waals surface area contributed by atoms with Crippen LogP contribution in [0, 0.1) is 6.92 Å². The summed E-state index contributed by atoms with van der Waals surface area (Å²) >= 11 is 9.98. The van der Waals surface area contributed by atoms with Gasteiger partial charge in [-0.3, -0.25) is 19.3 Å². The second-order valence-corrected chi connectivity index (χ2v) is 8.60. The number of anilines is 1. The molecule has 30 heavy (non-hydrogen) atoms. The minimum atomic E-state index is -0.582. The number of nitrogens with zero attached hydrogens (tertiary/aromatic N) is 1. The SMILES string of the molecule is COc1cc(/C=C2\SC(=O)N(CC(=O)Nc3cc(Cl)ccc3C)C2=O)c(Br)cc1O. The molecule has 1 saturated heterocycles. The molecule has 1 heterocycles. The monoisotopic (exact) mass is 510 g/mol. The van der Waals surface area contributed by atoms with Crippen molar-refractivity contribution >= 4 is 68.1 Å². The number of nitrogens with one attached hydrogen (secondary N) is 1. The molecule has 2 aromatic carbocycles. The molecule has 1 fully saturated rings. The fraction of sp³-hybridized carbons (Fsp3) is 0.150. The summed E-state index contributed by atoms with van der Waals surface area (Å²) in [4.78, 5) is 38.4. The number of methoxy groups -OCH3 is 1. The smallest absolute Gasteiger partial charge is 0.294 e. The molecular weight excluding hydrogens is 496 g/mol. The van der Waals surface area contributed by atoms with E-state index in [0.29, 0.717) is 20.7 Å². The highest BCUT2D eigenvalue weighted by molar-refractivity contribution is 9.10. The number of carbonyl (C=O) groups is 3. The lowest BCUT2D eigenvalue weighted by Gasteiger charge is -2.14. The average molecular weight is 512 g/mol. The van der Waals surface area contributed by atoms with Crippen molar-refractivity contribution in [3.63, 3.8) is 0 Å². The van der Waals surface area contributed by atoms with Crippen LogP contribution in [0.5, 0.6) is 11.5 Å². The minimum absolute atomic E-state index is 0.0670. The third-order valence-corrected chi connectivity index (χ3v) is 6.06. The van der Waals surface area contributed by atoms with Crippen LogP contribution in [0.15, 0.2) is 39.7 Å². The number of imide groups is 1. The average Bonchev–Trinajstić information content (AvgIpc) is 2.94. The van der Waals surface area contributed by atoms with Crippen LogP contribution in [-0.4, -0.2) is 40.7 Å². The Hall–Kier alpha value is -2.49. The van der Waals surface area contributed by atoms with Gasteiger partial charge in [-0.05, 0) is 60.2 Å². The first-order valence-corrected chi connectivity index (χ1v) is 10.6. The van der Waals surface area contributed by atoms with E-state index in [1.54, 1.807) is 25.1 Å². The van der Waals surface area contributed by atoms with Gasteiger partial charge in [0.1, 0.15) is 6.54 Å². The van der Waals surface area contributed by atoms with E-state index in [-0.39, 0.29) is 16.4 Å². The van der Waals surface area contributed by atoms with Crippen molar-refractivity contribution in [2.45, 2.75) is 6.92 Å². The van der Waals surface area contributed by atoms with Gasteiger partial charge < -0.3 is 15.2 Å². The molecule has 0 unspecified atom stereocenters. The number of ether oxygens (including phenoxy) is 1. The van der Waals surface area contributed by atoms with Gasteiger partial charge in [0.2, 0.25) is 5.91 Å². The molecule has 156 valence electrons. The predicted octanol–water partition coefficient (Wildman–Crippen LogP) is 4.80. The number of thioether (sulfide) groups is 1. The van der Waals surface area contributed by atoms with E-state index in [0.717, 1.165) is 22.2 Å². The minimum Gasteiger partial charge on any atom is -0.504 e. The molecule has 2 aromatic rings. The van der Waals surface area contributed by atoms with Gasteiger partial charge in [0.15, 0.2) is 11.5 Å². The van der Waals surface area contributed by atoms with E-state index >= 15 is 0 Å². The Morgan fingerprint density at radius 3 is 2.77 bits per heavy atom. The lowest BCUT2D eigenvalue weighted by atomic mass is 10.2. The molecule has 0 aliphatic carbocycles. The molecule has 0 radical (unpaired) electrons. The summed E-state index contributed by atoms with van der Waals surface area (Å²) in [6.45, 7) is 1.38. The molecule has 0 aromatic heterocycles. The number of benzene rings is 2. The summed E-state index contributed by atoms with van der Waals surface area (Å²) in [5.74, 6) is -0.944. The number of hydrogen-bond acceptors (Lipinski definition) is 6. The van der Waals surface area contributed by atoms with Crippen LogP contribution >= 0.6 is 39.3 Å². The number of hydrogen-bond donors (Lipinski definition) is 2. The Kier molecular flexibility index (Phi) is 6.74. The van der Waals surface area contributed by atoms with Gasteiger partial charge in [-0.2, -0.15) is 0 Å². The van der Waals surface area contributed by atoms with Gasteiger partial charge in [0, 0.05) is 15.2 Å². The summed E-state index contributed by atoms with van der Waals surface area (Å²) in [5, 5.41) is 12.4. The molecule has 0 saturated carbocycles. The summed E-state index contributed by atoms with van der Waals surface area (Å²) in [6, 6.07) is 8.00. The maximum Gasteiger partial charge on any atom is 0.294 e. The third-order valence-electron chi connectivity index (χ3n) is 4.23. The van der Waals surface area contributed by atoms with Crippen molar-refractivity contribution < 1.29 is 24.2 Å². The van der Waals surface area contributed by atoms with Crippen LogP contribution in [-0.2, 0) is 9.59 Å². The molecular formula is C20H16BrClN2O5S. The Morgan fingerprint density at radius 1 is 1.33 bits per heavy atom. The molecule has 1 aliphatic heterocycles. The highest BCUT2D eigenvalue weighted by Gasteiger charge is 2.36. The van der Waals surface area contributed by atoms with E-state index in [1.165, 1.54) is 25.3 Å². The molecule has 2 N–H and O–H groups in total. The van der Waals surface area contributed by atoms with E-state index in [2.05, 4.69) is 21.2 Å². The van der Waals surface area contributed by atoms with Crippen LogP contribution in [0.4, 0.5) is 10.5 Å². The largest absolute Gasteiger partial charge is 0.504 e. The van der Waals surface area contributed by atoms with Gasteiger partial charge in [-0.1, -0.05) is 33.6 Å². The van der Waals surface area contributed by atoms with Gasteiger partial charge >= 0.3 is 0 Å². The van der Waals surface area contributed by atoms with Crippen LogP contribution in [0.25, 0.3) is 6.08 Å². The number of aromatic hydroxyl groups is 1. The van der Waals surface area contributed by atoms with Crippen molar-refractivity contribution in [2.24, 2.45) is 0 Å². The van der Waals surface area contributed by atoms with E-state index in [1.807, 2.05) is 0 Å². The third kappa shape index (κ3) is 4.80. The second kappa shape index (κ2) is 9.11. The normalized spacial score (nSPS) is 15.1. The fourth-order valence-electron chi connectivity index (χ4n) is 2.67. The summed E-state index contributed by atoms with van der Waals surface area (Å²) in [7, 11) is 1.40. The lowest BCUT2D eigenvalue weighted by molar-refractivity contribution is -0.127. The molecule has 0 spiro atoms. The van der Waals surface area contributed by atoms with E-state index in [9.17, 15) is 19.5 Å². The Morgan fingerprint density at radius 2 is 2.07 bits per heavy atom. The maximum atomic E-state index is 12.7. The van der Waals surface area contributed by atoms with Gasteiger partial charge in [0.05, 0.1) is 12.0 Å². The van der Waals surface area contributed by atoms with Crippen molar-refractivity contribution in [1.29, 1.82) is 0 Å². The highest BCUT2D eigenvalue weighted by atomic mass is 79.9. The first-order valence-electron chi connectivity index (χ1n) is 8.57. The lowest BCUT2D eigenvalue weighted by Crippen LogP contribution is -2.36. The van der Waals surface area contributed by atoms with Crippen LogP contribution in [0.3, 0.4) is 0 Å². The second-order valence-electron chi connectivity index (χ2n) is 6.32. The predicted molar refractivity (Wildman–Crippen MR) is 120 cm³/mol. The number of carbonyl (C=O) groups excluding carboxylic acids is 3. The van der Waals surface area contributed by atoms with Crippen LogP contribution in [0.2, 0.25) is 5.02 Å². The van der Waals surface area contributed by atoms with Crippen LogP contribution < -0.4 is 10.1 Å². The fourth-order valence-corrected chi connectivity index (χ4v) is 4.12. The zero-order chi connectivity index (χ0) is 22.0. The standard InChI is InChI=1S/C20H16BrClN2O5S/c1-10-3-4-12(22)7-14(10)23-18(26)9-24-19(27)17(30-20(24)28)6-11-5-16(29-2)15(25)8-13(11)21/h3-8,25H,9H2,1-2H3,(H,23,26)/b17-6-. The molecule has 0 bridgehead atoms. The number of phenols is 1. The maximum absolute atomic E-state index is 12.7. The topological polar surface area (TPSA) is 95.9 Å². The Bertz CT molecular complexity index is 1090. The summed E-state index contributed by atoms with van der Waals surface area (Å²) in [6.07, 6.45) is 1.50. The first-order chi connectivity index (χ1) is 14.2. The quantitative estimate of drug-likeness (QED) is 0.560. The van der Waals surface area contributed by atoms with Crippen molar-refractivity contribution in [3.8, 4) is 11.5 Å². The molecule has 1 aliphatic rings. The molecule has 7 nitrogen and oxygen atoms in total. The van der Waals surface area contributed by atoms with Gasteiger partial charge in [0.25, 0.3) is 11.1 Å². The van der Waals surface area contributed by atoms with Crippen molar-refractivity contribution in [1.82, 2.24) is 4.90 Å². The van der Waals surface area contributed by atoms with E-state index in [4.69, 9.17) is 16.3 Å². The summed E-state index contributed by atoms with van der Waals surface area (Å²) < 4.78 is 5.59. The molecule has 3 rings (SSSR count). The van der Waals surface area contributed by atoms with Crippen molar-refractivity contribution in [3.05, 3.63) is 55.9 Å². The number of rotatable bonds is 5. The summed E-state index contributed by atoms with van der Waals surface area (Å²) in [5.41, 5.74) is 1.84. The first kappa shape index (κ1) is 22.2. The van der Waals surface area contributed by atoms with Gasteiger partial charge in [-0.15, -0.1) is 0 Å². The number of phenolic OH excluding ortho intramolecular Hbond substituents is 1. The van der Waals surface area contributed by atoms with Gasteiger partial charge in [-0.25, -0.2) is 0 Å². The highest BCUT2D eigenvalue weighted by Crippen LogP contribution is 2.37.